The molecule has 1 aromatic rings. The van der Waals surface area contributed by atoms with E-state index in [0.29, 0.717) is 35.8 Å². The van der Waals surface area contributed by atoms with Crippen molar-refractivity contribution in [1.82, 2.24) is 4.90 Å². The fourth-order valence-electron chi connectivity index (χ4n) is 2.86. The Kier molecular flexibility index (Phi) is 5.25. The van der Waals surface area contributed by atoms with Crippen LogP contribution in [-0.4, -0.2) is 40.5 Å². The van der Waals surface area contributed by atoms with E-state index in [2.05, 4.69) is 0 Å². The molecule has 1 heterocycles. The van der Waals surface area contributed by atoms with Gasteiger partial charge in [-0.2, -0.15) is 13.2 Å². The Labute approximate surface area is 132 Å². The third-order valence-electron chi connectivity index (χ3n) is 4.15. The van der Waals surface area contributed by atoms with Gasteiger partial charge in [0.15, 0.2) is 6.10 Å². The van der Waals surface area contributed by atoms with Crippen molar-refractivity contribution in [2.45, 2.75) is 38.6 Å². The van der Waals surface area contributed by atoms with E-state index in [9.17, 15) is 23.4 Å². The second kappa shape index (κ2) is 6.64. The molecular formula is C15H19ClF3NO2. The van der Waals surface area contributed by atoms with E-state index in [1.165, 1.54) is 0 Å². The zero-order valence-corrected chi connectivity index (χ0v) is 13.0. The quantitative estimate of drug-likeness (QED) is 0.887. The first-order valence-corrected chi connectivity index (χ1v) is 7.51. The highest BCUT2D eigenvalue weighted by Crippen LogP contribution is 2.33. The first-order chi connectivity index (χ1) is 10.2. The second-order valence-electron chi connectivity index (χ2n) is 5.83. The van der Waals surface area contributed by atoms with E-state index >= 15 is 0 Å². The van der Waals surface area contributed by atoms with Gasteiger partial charge in [0.1, 0.15) is 5.75 Å². The lowest BCUT2D eigenvalue weighted by Gasteiger charge is -2.34. The average molecular weight is 338 g/mol. The molecule has 7 heteroatoms. The molecule has 1 fully saturated rings. The number of phenolic OH excluding ortho intramolecular Hbond substituents is 1. The van der Waals surface area contributed by atoms with Crippen LogP contribution >= 0.6 is 11.6 Å². The molecule has 3 nitrogen and oxygen atoms in total. The first kappa shape index (κ1) is 17.4. The molecule has 0 bridgehead atoms. The fourth-order valence-corrected chi connectivity index (χ4v) is 3.16. The van der Waals surface area contributed by atoms with Crippen molar-refractivity contribution in [3.8, 4) is 5.75 Å². The number of halogens is 4. The fraction of sp³-hybridized carbons (Fsp3) is 0.600. The predicted octanol–water partition coefficient (Wildman–Crippen LogP) is 3.49. The van der Waals surface area contributed by atoms with Gasteiger partial charge in [-0.1, -0.05) is 11.6 Å². The number of phenols is 1. The zero-order chi connectivity index (χ0) is 16.5. The van der Waals surface area contributed by atoms with Gasteiger partial charge in [0.2, 0.25) is 0 Å². The number of aliphatic hydroxyl groups is 1. The van der Waals surface area contributed by atoms with Crippen molar-refractivity contribution >= 4 is 11.6 Å². The Morgan fingerprint density at radius 3 is 2.45 bits per heavy atom. The van der Waals surface area contributed by atoms with E-state index in [1.54, 1.807) is 19.1 Å². The van der Waals surface area contributed by atoms with Crippen LogP contribution in [0.5, 0.6) is 5.75 Å². The summed E-state index contributed by atoms with van der Waals surface area (Å²) in [5.74, 6) is -0.590. The standard InChI is InChI=1S/C15H19ClF3NO2/c1-9-6-12(16)7-11(13(9)21)8-20-4-2-10(3-5-20)14(22)15(17,18)19/h6-7,10,14,21-22H,2-5,8H2,1H3. The molecule has 1 atom stereocenters. The zero-order valence-electron chi connectivity index (χ0n) is 12.2. The molecule has 1 unspecified atom stereocenters. The van der Waals surface area contributed by atoms with Gasteiger partial charge in [0.05, 0.1) is 0 Å². The molecule has 1 aliphatic rings. The van der Waals surface area contributed by atoms with Crippen molar-refractivity contribution in [3.63, 3.8) is 0 Å². The van der Waals surface area contributed by atoms with Gasteiger partial charge in [-0.25, -0.2) is 0 Å². The van der Waals surface area contributed by atoms with Crippen molar-refractivity contribution in [2.75, 3.05) is 13.1 Å². The van der Waals surface area contributed by atoms with Crippen LogP contribution in [0.2, 0.25) is 5.02 Å². The summed E-state index contributed by atoms with van der Waals surface area (Å²) in [4.78, 5) is 1.96. The van der Waals surface area contributed by atoms with Crippen molar-refractivity contribution in [2.24, 2.45) is 5.92 Å². The first-order valence-electron chi connectivity index (χ1n) is 7.13. The second-order valence-corrected chi connectivity index (χ2v) is 6.27. The molecule has 2 N–H and O–H groups in total. The summed E-state index contributed by atoms with van der Waals surface area (Å²) in [7, 11) is 0. The van der Waals surface area contributed by atoms with E-state index < -0.39 is 18.2 Å². The van der Waals surface area contributed by atoms with E-state index in [1.807, 2.05) is 4.90 Å². The minimum absolute atomic E-state index is 0.168. The normalized spacial score (nSPS) is 19.4. The monoisotopic (exact) mass is 337 g/mol. The van der Waals surface area contributed by atoms with E-state index in [4.69, 9.17) is 11.6 Å². The highest BCUT2D eigenvalue weighted by Gasteiger charge is 2.44. The molecule has 1 aromatic carbocycles. The van der Waals surface area contributed by atoms with Gasteiger partial charge in [-0.15, -0.1) is 0 Å². The minimum atomic E-state index is -4.56. The van der Waals surface area contributed by atoms with Crippen LogP contribution in [0.3, 0.4) is 0 Å². The summed E-state index contributed by atoms with van der Waals surface area (Å²) in [6.07, 6.45) is -6.26. The van der Waals surface area contributed by atoms with Crippen molar-refractivity contribution in [3.05, 3.63) is 28.3 Å². The van der Waals surface area contributed by atoms with Gasteiger partial charge >= 0.3 is 6.18 Å². The van der Waals surface area contributed by atoms with Gasteiger partial charge in [-0.05, 0) is 56.5 Å². The maximum absolute atomic E-state index is 12.5. The Hall–Kier alpha value is -0.980. The topological polar surface area (TPSA) is 43.7 Å². The molecule has 0 saturated carbocycles. The van der Waals surface area contributed by atoms with Crippen LogP contribution in [0, 0.1) is 12.8 Å². The number of aliphatic hydroxyl groups excluding tert-OH is 1. The molecule has 0 aliphatic carbocycles. The van der Waals surface area contributed by atoms with Gasteiger partial charge in [0.25, 0.3) is 0 Å². The Morgan fingerprint density at radius 2 is 1.91 bits per heavy atom. The van der Waals surface area contributed by atoms with Crippen LogP contribution in [0.25, 0.3) is 0 Å². The summed E-state index contributed by atoms with van der Waals surface area (Å²) in [5, 5.41) is 19.8. The van der Waals surface area contributed by atoms with Crippen LogP contribution in [0.15, 0.2) is 12.1 Å². The Balaban J connectivity index is 1.96. The highest BCUT2D eigenvalue weighted by atomic mass is 35.5. The van der Waals surface area contributed by atoms with Crippen LogP contribution in [0.1, 0.15) is 24.0 Å². The smallest absolute Gasteiger partial charge is 0.414 e. The number of aromatic hydroxyl groups is 1. The maximum atomic E-state index is 12.5. The summed E-state index contributed by atoms with van der Waals surface area (Å²) in [6, 6.07) is 3.33. The number of hydrogen-bond acceptors (Lipinski definition) is 3. The lowest BCUT2D eigenvalue weighted by Crippen LogP contribution is -2.43. The molecule has 0 spiro atoms. The molecule has 0 amide bonds. The molecule has 1 aliphatic heterocycles. The molecule has 124 valence electrons. The van der Waals surface area contributed by atoms with Gasteiger partial charge in [0, 0.05) is 17.1 Å². The number of hydrogen-bond donors (Lipinski definition) is 2. The number of alkyl halides is 3. The molecule has 2 rings (SSSR count). The van der Waals surface area contributed by atoms with Crippen LogP contribution < -0.4 is 0 Å². The number of benzene rings is 1. The molecule has 0 aromatic heterocycles. The predicted molar refractivity (Wildman–Crippen MR) is 77.9 cm³/mol. The Morgan fingerprint density at radius 1 is 1.32 bits per heavy atom. The third kappa shape index (κ3) is 4.06. The molecule has 1 saturated heterocycles. The van der Waals surface area contributed by atoms with Gasteiger partial charge in [-0.3, -0.25) is 4.90 Å². The third-order valence-corrected chi connectivity index (χ3v) is 4.37. The van der Waals surface area contributed by atoms with Crippen molar-refractivity contribution < 1.29 is 23.4 Å². The number of nitrogens with zero attached hydrogens (tertiary/aromatic N) is 1. The molecular weight excluding hydrogens is 319 g/mol. The number of rotatable bonds is 3. The van der Waals surface area contributed by atoms with E-state index in [0.717, 1.165) is 0 Å². The summed E-state index contributed by atoms with van der Waals surface area (Å²) in [5.41, 5.74) is 1.34. The minimum Gasteiger partial charge on any atom is -0.507 e. The highest BCUT2D eigenvalue weighted by molar-refractivity contribution is 6.30. The van der Waals surface area contributed by atoms with Gasteiger partial charge < -0.3 is 10.2 Å². The summed E-state index contributed by atoms with van der Waals surface area (Å²) in [6.45, 7) is 3.07. The Bertz CT molecular complexity index is 528. The average Bonchev–Trinajstić information content (AvgIpc) is 2.43. The maximum Gasteiger partial charge on any atom is 0.414 e. The largest absolute Gasteiger partial charge is 0.507 e. The molecule has 0 radical (unpaired) electrons. The lowest BCUT2D eigenvalue weighted by atomic mass is 9.90. The SMILES string of the molecule is Cc1cc(Cl)cc(CN2CCC(C(O)C(F)(F)F)CC2)c1O. The van der Waals surface area contributed by atoms with Crippen LogP contribution in [0.4, 0.5) is 13.2 Å². The van der Waals surface area contributed by atoms with Crippen molar-refractivity contribution in [1.29, 1.82) is 0 Å². The lowest BCUT2D eigenvalue weighted by molar-refractivity contribution is -0.223. The summed E-state index contributed by atoms with van der Waals surface area (Å²) < 4.78 is 37.5. The molecule has 22 heavy (non-hydrogen) atoms. The van der Waals surface area contributed by atoms with Crippen LogP contribution in [-0.2, 0) is 6.54 Å². The number of piperidine rings is 1. The van der Waals surface area contributed by atoms with E-state index in [-0.39, 0.29) is 18.6 Å². The number of aryl methyl sites for hydroxylation is 1. The summed E-state index contributed by atoms with van der Waals surface area (Å²) >= 11 is 5.97. The number of likely N-dealkylation sites (tertiary alicyclic amines) is 1.